The molecule has 0 unspecified atom stereocenters. The molecule has 0 atom stereocenters. The molecular formula is C21H22N2O6. The number of ether oxygens (including phenoxy) is 4. The number of hydrogen-bond donors (Lipinski definition) is 2. The number of nitrogens with one attached hydrogen (secondary N) is 2. The minimum atomic E-state index is -0.593. The van der Waals surface area contributed by atoms with Crippen LogP contribution in [0.4, 0.5) is 16.2 Å². The van der Waals surface area contributed by atoms with Crippen LogP contribution in [0.5, 0.6) is 11.5 Å². The molecule has 1 aliphatic rings. The normalized spacial score (nSPS) is 12.4. The Kier molecular flexibility index (Phi) is 7.07. The first-order valence-corrected chi connectivity index (χ1v) is 9.05. The van der Waals surface area contributed by atoms with Crippen LogP contribution in [0.25, 0.3) is 6.08 Å². The van der Waals surface area contributed by atoms with Crippen LogP contribution in [-0.4, -0.2) is 45.5 Å². The molecule has 152 valence electrons. The van der Waals surface area contributed by atoms with Crippen molar-refractivity contribution in [1.82, 2.24) is 0 Å². The Hall–Kier alpha value is -3.52. The summed E-state index contributed by atoms with van der Waals surface area (Å²) in [5, 5.41) is 5.34. The van der Waals surface area contributed by atoms with Gasteiger partial charge in [0.25, 0.3) is 0 Å². The molecule has 0 saturated heterocycles. The van der Waals surface area contributed by atoms with Gasteiger partial charge in [0.2, 0.25) is 5.91 Å². The van der Waals surface area contributed by atoms with Crippen molar-refractivity contribution in [3.8, 4) is 11.5 Å². The molecule has 0 spiro atoms. The standard InChI is InChI=1S/C21H22N2O6/c1-26-9-10-29-21(25)23-17-4-2-3-16(14-17)22-20(24)8-6-15-5-7-18-19(13-15)28-12-11-27-18/h2-8,13-14H,9-12H2,1H3,(H,22,24)(H,23,25)/b8-6+. The van der Waals surface area contributed by atoms with E-state index >= 15 is 0 Å². The SMILES string of the molecule is COCCOC(=O)Nc1cccc(NC(=O)/C=C/c2ccc3c(c2)OCCO3)c1. The number of amides is 2. The molecular weight excluding hydrogens is 376 g/mol. The zero-order chi connectivity index (χ0) is 20.5. The summed E-state index contributed by atoms with van der Waals surface area (Å²) in [5.41, 5.74) is 1.86. The lowest BCUT2D eigenvalue weighted by atomic mass is 10.2. The van der Waals surface area contributed by atoms with Crippen molar-refractivity contribution in [2.24, 2.45) is 0 Å². The zero-order valence-corrected chi connectivity index (χ0v) is 16.0. The van der Waals surface area contributed by atoms with E-state index in [0.717, 1.165) is 5.56 Å². The topological polar surface area (TPSA) is 95.1 Å². The first kappa shape index (κ1) is 20.2. The second-order valence-corrected chi connectivity index (χ2v) is 6.06. The van der Waals surface area contributed by atoms with Crippen LogP contribution in [0.3, 0.4) is 0 Å². The number of benzene rings is 2. The van der Waals surface area contributed by atoms with Crippen molar-refractivity contribution >= 4 is 29.5 Å². The molecule has 3 rings (SSSR count). The maximum absolute atomic E-state index is 12.2. The third-order valence-electron chi connectivity index (χ3n) is 3.89. The lowest BCUT2D eigenvalue weighted by Gasteiger charge is -2.18. The molecule has 0 aliphatic carbocycles. The number of carbonyl (C=O) groups excluding carboxylic acids is 2. The van der Waals surface area contributed by atoms with E-state index in [4.69, 9.17) is 18.9 Å². The van der Waals surface area contributed by atoms with Crippen LogP contribution in [0, 0.1) is 0 Å². The highest BCUT2D eigenvalue weighted by Gasteiger charge is 2.11. The second kappa shape index (κ2) is 10.1. The Morgan fingerprint density at radius 3 is 2.55 bits per heavy atom. The number of carbonyl (C=O) groups is 2. The maximum atomic E-state index is 12.2. The zero-order valence-electron chi connectivity index (χ0n) is 16.0. The summed E-state index contributed by atoms with van der Waals surface area (Å²) >= 11 is 0. The van der Waals surface area contributed by atoms with E-state index in [1.54, 1.807) is 30.3 Å². The molecule has 2 N–H and O–H groups in total. The first-order chi connectivity index (χ1) is 14.1. The molecule has 8 heteroatoms. The number of fused-ring (bicyclic) bond motifs is 1. The lowest BCUT2D eigenvalue weighted by Crippen LogP contribution is -2.16. The fraction of sp³-hybridized carbons (Fsp3) is 0.238. The highest BCUT2D eigenvalue weighted by atomic mass is 16.6. The average Bonchev–Trinajstić information content (AvgIpc) is 2.72. The second-order valence-electron chi connectivity index (χ2n) is 6.06. The van der Waals surface area contributed by atoms with Gasteiger partial charge >= 0.3 is 6.09 Å². The van der Waals surface area contributed by atoms with Crippen LogP contribution >= 0.6 is 0 Å². The predicted octanol–water partition coefficient (Wildman–Crippen LogP) is 3.30. The molecule has 2 aromatic carbocycles. The Morgan fingerprint density at radius 1 is 1.00 bits per heavy atom. The number of rotatable bonds is 7. The highest BCUT2D eigenvalue weighted by Crippen LogP contribution is 2.31. The van der Waals surface area contributed by atoms with E-state index in [-0.39, 0.29) is 12.5 Å². The minimum Gasteiger partial charge on any atom is -0.486 e. The summed E-state index contributed by atoms with van der Waals surface area (Å²) < 4.78 is 20.8. The Bertz CT molecular complexity index is 896. The van der Waals surface area contributed by atoms with Gasteiger partial charge in [-0.3, -0.25) is 10.1 Å². The molecule has 8 nitrogen and oxygen atoms in total. The average molecular weight is 398 g/mol. The van der Waals surface area contributed by atoms with E-state index in [2.05, 4.69) is 10.6 Å². The predicted molar refractivity (Wildman–Crippen MR) is 108 cm³/mol. The van der Waals surface area contributed by atoms with Crippen molar-refractivity contribution in [3.63, 3.8) is 0 Å². The third-order valence-corrected chi connectivity index (χ3v) is 3.89. The van der Waals surface area contributed by atoms with Gasteiger partial charge in [0.05, 0.1) is 6.61 Å². The van der Waals surface area contributed by atoms with Crippen molar-refractivity contribution in [2.75, 3.05) is 44.2 Å². The summed E-state index contributed by atoms with van der Waals surface area (Å²) in [6, 6.07) is 12.2. The fourth-order valence-electron chi connectivity index (χ4n) is 2.57. The summed E-state index contributed by atoms with van der Waals surface area (Å²) in [4.78, 5) is 23.9. The highest BCUT2D eigenvalue weighted by molar-refractivity contribution is 6.02. The van der Waals surface area contributed by atoms with Crippen molar-refractivity contribution in [1.29, 1.82) is 0 Å². The lowest BCUT2D eigenvalue weighted by molar-refractivity contribution is -0.111. The molecule has 0 saturated carbocycles. The van der Waals surface area contributed by atoms with Gasteiger partial charge in [-0.1, -0.05) is 12.1 Å². The Balaban J connectivity index is 1.55. The number of hydrogen-bond acceptors (Lipinski definition) is 6. The van der Waals surface area contributed by atoms with E-state index in [0.29, 0.717) is 42.7 Å². The Labute approximate surface area is 168 Å². The van der Waals surface area contributed by atoms with Crippen molar-refractivity contribution in [3.05, 3.63) is 54.1 Å². The van der Waals surface area contributed by atoms with Gasteiger partial charge in [-0.2, -0.15) is 0 Å². The van der Waals surface area contributed by atoms with E-state index < -0.39 is 6.09 Å². The molecule has 0 bridgehead atoms. The molecule has 1 heterocycles. The van der Waals surface area contributed by atoms with Gasteiger partial charge in [0.1, 0.15) is 19.8 Å². The minimum absolute atomic E-state index is 0.156. The smallest absolute Gasteiger partial charge is 0.411 e. The molecule has 29 heavy (non-hydrogen) atoms. The van der Waals surface area contributed by atoms with Crippen LogP contribution in [0.15, 0.2) is 48.5 Å². The van der Waals surface area contributed by atoms with Gasteiger partial charge in [-0.15, -0.1) is 0 Å². The van der Waals surface area contributed by atoms with Crippen molar-refractivity contribution < 1.29 is 28.5 Å². The van der Waals surface area contributed by atoms with Gasteiger partial charge in [0, 0.05) is 24.6 Å². The molecule has 2 aromatic rings. The van der Waals surface area contributed by atoms with E-state index in [1.807, 2.05) is 18.2 Å². The first-order valence-electron chi connectivity index (χ1n) is 9.05. The fourth-order valence-corrected chi connectivity index (χ4v) is 2.57. The molecule has 2 amide bonds. The maximum Gasteiger partial charge on any atom is 0.411 e. The molecule has 0 aromatic heterocycles. The van der Waals surface area contributed by atoms with Gasteiger partial charge in [0.15, 0.2) is 11.5 Å². The van der Waals surface area contributed by atoms with Gasteiger partial charge in [-0.25, -0.2) is 4.79 Å². The quantitative estimate of drug-likeness (QED) is 0.549. The molecule has 0 radical (unpaired) electrons. The van der Waals surface area contributed by atoms with Crippen molar-refractivity contribution in [2.45, 2.75) is 0 Å². The van der Waals surface area contributed by atoms with Crippen LogP contribution in [0.2, 0.25) is 0 Å². The molecule has 0 fully saturated rings. The van der Waals surface area contributed by atoms with E-state index in [9.17, 15) is 9.59 Å². The monoisotopic (exact) mass is 398 g/mol. The largest absolute Gasteiger partial charge is 0.486 e. The third kappa shape index (κ3) is 6.25. The van der Waals surface area contributed by atoms with E-state index in [1.165, 1.54) is 13.2 Å². The van der Waals surface area contributed by atoms with Gasteiger partial charge in [-0.05, 0) is 42.0 Å². The summed E-state index contributed by atoms with van der Waals surface area (Å²) in [6.07, 6.45) is 2.51. The van der Waals surface area contributed by atoms with Gasteiger partial charge < -0.3 is 24.3 Å². The van der Waals surface area contributed by atoms with Crippen LogP contribution in [-0.2, 0) is 14.3 Å². The summed E-state index contributed by atoms with van der Waals surface area (Å²) in [7, 11) is 1.52. The Morgan fingerprint density at radius 2 is 1.76 bits per heavy atom. The summed E-state index contributed by atoms with van der Waals surface area (Å²) in [5.74, 6) is 1.05. The number of anilines is 2. The van der Waals surface area contributed by atoms with Crippen LogP contribution < -0.4 is 20.1 Å². The number of methoxy groups -OCH3 is 1. The van der Waals surface area contributed by atoms with Crippen LogP contribution in [0.1, 0.15) is 5.56 Å². The summed E-state index contributed by atoms with van der Waals surface area (Å²) in [6.45, 7) is 1.51. The molecule has 1 aliphatic heterocycles.